The van der Waals surface area contributed by atoms with E-state index in [4.69, 9.17) is 14.2 Å². The molecule has 1 amide bonds. The summed E-state index contributed by atoms with van der Waals surface area (Å²) < 4.78 is 29.3. The summed E-state index contributed by atoms with van der Waals surface area (Å²) in [6, 6.07) is 17.7. The van der Waals surface area contributed by atoms with Crippen LogP contribution in [-0.4, -0.2) is 41.9 Å². The van der Waals surface area contributed by atoms with Crippen molar-refractivity contribution >= 4 is 5.91 Å². The monoisotopic (exact) mass is 412 g/mol. The molecular formula is C22H21FN2O5. The molecule has 0 unspecified atom stereocenters. The maximum absolute atomic E-state index is 13.1. The summed E-state index contributed by atoms with van der Waals surface area (Å²) in [6.07, 6.45) is 0.691. The van der Waals surface area contributed by atoms with Crippen LogP contribution < -0.4 is 19.5 Å². The maximum atomic E-state index is 13.1. The van der Waals surface area contributed by atoms with Gasteiger partial charge in [0.1, 0.15) is 35.8 Å². The highest BCUT2D eigenvalue weighted by molar-refractivity contribution is 5.77. The highest BCUT2D eigenvalue weighted by atomic mass is 19.1. The second-order valence-corrected chi connectivity index (χ2v) is 6.26. The van der Waals surface area contributed by atoms with E-state index in [1.165, 1.54) is 18.2 Å². The average Bonchev–Trinajstić information content (AvgIpc) is 2.76. The molecule has 0 bridgehead atoms. The molecule has 1 heterocycles. The number of aliphatic hydroxyl groups is 1. The van der Waals surface area contributed by atoms with Gasteiger partial charge in [0.05, 0.1) is 0 Å². The van der Waals surface area contributed by atoms with E-state index in [1.807, 2.05) is 6.07 Å². The fraction of sp³-hybridized carbons (Fsp3) is 0.182. The van der Waals surface area contributed by atoms with E-state index in [0.29, 0.717) is 23.1 Å². The van der Waals surface area contributed by atoms with Gasteiger partial charge in [-0.3, -0.25) is 4.79 Å². The molecule has 0 saturated carbocycles. The number of halogens is 1. The van der Waals surface area contributed by atoms with Gasteiger partial charge in [0.25, 0.3) is 5.91 Å². The number of carbonyl (C=O) groups is 1. The summed E-state index contributed by atoms with van der Waals surface area (Å²) in [5.41, 5.74) is 0. The number of carbonyl (C=O) groups excluding carboxylic acids is 1. The van der Waals surface area contributed by atoms with Crippen molar-refractivity contribution in [3.05, 3.63) is 78.7 Å². The molecule has 3 aromatic rings. The third-order valence-electron chi connectivity index (χ3n) is 3.83. The molecule has 0 aliphatic rings. The molecule has 0 spiro atoms. The standard InChI is InChI=1S/C22H21FN2O5/c23-16-4-3-5-20(12-16)28-14-17(26)13-25-21(27)15-29-18-7-9-19(10-8-18)30-22-6-1-2-11-24-22/h1-12,17,26H,13-15H2,(H,25,27)/t17-/m0/s1. The van der Waals surface area contributed by atoms with Crippen LogP contribution in [0.3, 0.4) is 0 Å². The van der Waals surface area contributed by atoms with Gasteiger partial charge < -0.3 is 24.6 Å². The number of nitrogens with zero attached hydrogens (tertiary/aromatic N) is 1. The minimum atomic E-state index is -0.944. The van der Waals surface area contributed by atoms with Crippen LogP contribution in [0.15, 0.2) is 72.9 Å². The van der Waals surface area contributed by atoms with Gasteiger partial charge in [-0.15, -0.1) is 0 Å². The molecular weight excluding hydrogens is 391 g/mol. The van der Waals surface area contributed by atoms with Crippen LogP contribution >= 0.6 is 0 Å². The van der Waals surface area contributed by atoms with E-state index >= 15 is 0 Å². The van der Waals surface area contributed by atoms with E-state index in [9.17, 15) is 14.3 Å². The Morgan fingerprint density at radius 2 is 1.80 bits per heavy atom. The maximum Gasteiger partial charge on any atom is 0.258 e. The molecule has 2 N–H and O–H groups in total. The van der Waals surface area contributed by atoms with Gasteiger partial charge >= 0.3 is 0 Å². The number of aliphatic hydroxyl groups excluding tert-OH is 1. The van der Waals surface area contributed by atoms with E-state index in [0.717, 1.165) is 0 Å². The second-order valence-electron chi connectivity index (χ2n) is 6.26. The van der Waals surface area contributed by atoms with Gasteiger partial charge in [0, 0.05) is 24.9 Å². The Balaban J connectivity index is 1.35. The second kappa shape index (κ2) is 10.8. The van der Waals surface area contributed by atoms with Gasteiger partial charge in [0.15, 0.2) is 6.61 Å². The Labute approximate surface area is 173 Å². The summed E-state index contributed by atoms with van der Waals surface area (Å²) in [7, 11) is 0. The van der Waals surface area contributed by atoms with Crippen LogP contribution in [0.2, 0.25) is 0 Å². The molecule has 1 aromatic heterocycles. The lowest BCUT2D eigenvalue weighted by Crippen LogP contribution is -2.37. The number of aromatic nitrogens is 1. The Bertz CT molecular complexity index is 938. The highest BCUT2D eigenvalue weighted by Gasteiger charge is 2.09. The summed E-state index contributed by atoms with van der Waals surface area (Å²) >= 11 is 0. The van der Waals surface area contributed by atoms with Gasteiger partial charge in [-0.2, -0.15) is 0 Å². The van der Waals surface area contributed by atoms with Crippen LogP contribution in [0.1, 0.15) is 0 Å². The van der Waals surface area contributed by atoms with Crippen LogP contribution in [-0.2, 0) is 4.79 Å². The highest BCUT2D eigenvalue weighted by Crippen LogP contribution is 2.22. The van der Waals surface area contributed by atoms with Crippen molar-refractivity contribution in [3.8, 4) is 23.1 Å². The van der Waals surface area contributed by atoms with E-state index in [1.54, 1.807) is 48.7 Å². The average molecular weight is 412 g/mol. The largest absolute Gasteiger partial charge is 0.491 e. The van der Waals surface area contributed by atoms with Gasteiger partial charge in [-0.1, -0.05) is 12.1 Å². The SMILES string of the molecule is O=C(COc1ccc(Oc2ccccn2)cc1)NC[C@H](O)COc1cccc(F)c1. The number of hydrogen-bond donors (Lipinski definition) is 2. The number of amides is 1. The molecule has 8 heteroatoms. The zero-order valence-electron chi connectivity index (χ0n) is 16.0. The molecule has 7 nitrogen and oxygen atoms in total. The van der Waals surface area contributed by atoms with Crippen molar-refractivity contribution in [3.63, 3.8) is 0 Å². The third-order valence-corrected chi connectivity index (χ3v) is 3.83. The van der Waals surface area contributed by atoms with Crippen molar-refractivity contribution in [2.75, 3.05) is 19.8 Å². The van der Waals surface area contributed by atoms with E-state index in [-0.39, 0.29) is 19.8 Å². The first-order valence-corrected chi connectivity index (χ1v) is 9.23. The summed E-state index contributed by atoms with van der Waals surface area (Å²) in [6.45, 7) is -0.311. The van der Waals surface area contributed by atoms with Crippen molar-refractivity contribution in [2.24, 2.45) is 0 Å². The number of rotatable bonds is 10. The number of ether oxygens (including phenoxy) is 3. The van der Waals surface area contributed by atoms with E-state index in [2.05, 4.69) is 10.3 Å². The van der Waals surface area contributed by atoms with Gasteiger partial charge in [0.2, 0.25) is 5.88 Å². The number of pyridine rings is 1. The molecule has 0 radical (unpaired) electrons. The number of hydrogen-bond acceptors (Lipinski definition) is 6. The molecule has 0 saturated heterocycles. The quantitative estimate of drug-likeness (QED) is 0.532. The zero-order chi connectivity index (χ0) is 21.2. The fourth-order valence-electron chi connectivity index (χ4n) is 2.37. The Kier molecular flexibility index (Phi) is 7.57. The summed E-state index contributed by atoms with van der Waals surface area (Å²) in [5, 5.41) is 12.4. The van der Waals surface area contributed by atoms with Crippen molar-refractivity contribution in [2.45, 2.75) is 6.10 Å². The molecule has 156 valence electrons. The zero-order valence-corrected chi connectivity index (χ0v) is 16.0. The topological polar surface area (TPSA) is 89.9 Å². The first-order valence-electron chi connectivity index (χ1n) is 9.23. The van der Waals surface area contributed by atoms with Crippen LogP contribution in [0.4, 0.5) is 4.39 Å². The smallest absolute Gasteiger partial charge is 0.258 e. The van der Waals surface area contributed by atoms with Crippen LogP contribution in [0, 0.1) is 5.82 Å². The lowest BCUT2D eigenvalue weighted by molar-refractivity contribution is -0.123. The molecule has 2 aromatic carbocycles. The predicted octanol–water partition coefficient (Wildman–Crippen LogP) is 2.95. The molecule has 1 atom stereocenters. The summed E-state index contributed by atoms with van der Waals surface area (Å²) in [4.78, 5) is 15.9. The molecule has 0 aliphatic carbocycles. The van der Waals surface area contributed by atoms with Crippen LogP contribution in [0.25, 0.3) is 0 Å². The molecule has 0 fully saturated rings. The Morgan fingerprint density at radius 3 is 2.53 bits per heavy atom. The van der Waals surface area contributed by atoms with Gasteiger partial charge in [-0.25, -0.2) is 9.37 Å². The lowest BCUT2D eigenvalue weighted by atomic mass is 10.3. The van der Waals surface area contributed by atoms with Crippen molar-refractivity contribution in [1.29, 1.82) is 0 Å². The first kappa shape index (κ1) is 21.1. The van der Waals surface area contributed by atoms with E-state index < -0.39 is 17.8 Å². The minimum absolute atomic E-state index is 0.0195. The molecule has 0 aliphatic heterocycles. The third kappa shape index (κ3) is 7.06. The number of benzene rings is 2. The Hall–Kier alpha value is -3.65. The van der Waals surface area contributed by atoms with Crippen molar-refractivity contribution in [1.82, 2.24) is 10.3 Å². The van der Waals surface area contributed by atoms with Crippen molar-refractivity contribution < 1.29 is 28.5 Å². The molecule has 3 rings (SSSR count). The fourth-order valence-corrected chi connectivity index (χ4v) is 2.37. The minimum Gasteiger partial charge on any atom is -0.491 e. The normalized spacial score (nSPS) is 11.4. The molecule has 30 heavy (non-hydrogen) atoms. The predicted molar refractivity (Wildman–Crippen MR) is 107 cm³/mol. The van der Waals surface area contributed by atoms with Crippen LogP contribution in [0.5, 0.6) is 23.1 Å². The summed E-state index contributed by atoms with van der Waals surface area (Å²) in [5.74, 6) is 1.04. The van der Waals surface area contributed by atoms with Gasteiger partial charge in [-0.05, 0) is 42.5 Å². The number of nitrogens with one attached hydrogen (secondary N) is 1. The Morgan fingerprint density at radius 1 is 1.00 bits per heavy atom. The lowest BCUT2D eigenvalue weighted by Gasteiger charge is -2.13. The first-order chi connectivity index (χ1) is 14.6.